The fraction of sp³-hybridized carbons (Fsp3) is 0.444. The molecule has 0 saturated carbocycles. The van der Waals surface area contributed by atoms with Crippen molar-refractivity contribution in [3.05, 3.63) is 54.1 Å². The molecule has 0 spiro atoms. The van der Waals surface area contributed by atoms with Crippen molar-refractivity contribution < 1.29 is 0 Å². The van der Waals surface area contributed by atoms with Crippen LogP contribution in [0.4, 0.5) is 5.82 Å². The van der Waals surface area contributed by atoms with Crippen LogP contribution >= 0.6 is 0 Å². The summed E-state index contributed by atoms with van der Waals surface area (Å²) in [6, 6.07) is 12.4. The Morgan fingerprint density at radius 2 is 1.88 bits per heavy atom. The second-order valence-electron chi connectivity index (χ2n) is 8.45. The van der Waals surface area contributed by atoms with Gasteiger partial charge in [0.25, 0.3) is 0 Å². The molecule has 2 heterocycles. The molecule has 1 fully saturated rings. The first-order valence-corrected chi connectivity index (χ1v) is 12.1. The number of benzene rings is 1. The van der Waals surface area contributed by atoms with Crippen molar-refractivity contribution >= 4 is 24.1 Å². The highest BCUT2D eigenvalue weighted by atomic mass is 15.2. The lowest BCUT2D eigenvalue weighted by Crippen LogP contribution is -2.36. The van der Waals surface area contributed by atoms with Crippen LogP contribution in [-0.4, -0.2) is 62.7 Å². The topological polar surface area (TPSA) is 64.9 Å². The molecule has 0 radical (unpaired) electrons. The van der Waals surface area contributed by atoms with Crippen LogP contribution in [0.1, 0.15) is 49.7 Å². The number of hydrogen-bond acceptors (Lipinski definition) is 5. The van der Waals surface area contributed by atoms with Gasteiger partial charge in [-0.05, 0) is 76.2 Å². The number of piperidine rings is 1. The van der Waals surface area contributed by atoms with E-state index in [0.29, 0.717) is 5.82 Å². The third-order valence-electron chi connectivity index (χ3n) is 6.08. The van der Waals surface area contributed by atoms with Crippen molar-refractivity contribution in [1.82, 2.24) is 20.5 Å². The van der Waals surface area contributed by atoms with E-state index < -0.39 is 0 Å². The predicted octanol–water partition coefficient (Wildman–Crippen LogP) is 4.89. The van der Waals surface area contributed by atoms with Crippen LogP contribution < -0.4 is 10.6 Å². The third-order valence-corrected chi connectivity index (χ3v) is 6.08. The number of aromatic nitrogens is 1. The molecule has 1 aromatic heterocycles. The molecule has 0 aliphatic carbocycles. The summed E-state index contributed by atoms with van der Waals surface area (Å²) in [5.74, 6) is 1.66. The molecule has 33 heavy (non-hydrogen) atoms. The van der Waals surface area contributed by atoms with E-state index in [1.165, 1.54) is 32.1 Å². The van der Waals surface area contributed by atoms with Crippen molar-refractivity contribution in [1.29, 1.82) is 0 Å². The van der Waals surface area contributed by atoms with Gasteiger partial charge in [0.2, 0.25) is 0 Å². The quantitative estimate of drug-likeness (QED) is 0.293. The first kappa shape index (κ1) is 24.6. The van der Waals surface area contributed by atoms with Crippen LogP contribution in [0.15, 0.2) is 53.0 Å². The molecule has 6 nitrogen and oxygen atoms in total. The lowest BCUT2D eigenvalue weighted by Gasteiger charge is -2.30. The van der Waals surface area contributed by atoms with Crippen LogP contribution in [0.3, 0.4) is 0 Å². The summed E-state index contributed by atoms with van der Waals surface area (Å²) in [7, 11) is 3.88. The van der Waals surface area contributed by atoms with E-state index in [0.717, 1.165) is 66.5 Å². The summed E-state index contributed by atoms with van der Waals surface area (Å²) in [5.41, 5.74) is 4.80. The van der Waals surface area contributed by atoms with Crippen LogP contribution in [0, 0.1) is 0 Å². The molecular formula is C27H38N6. The summed E-state index contributed by atoms with van der Waals surface area (Å²) in [4.78, 5) is 16.6. The first-order chi connectivity index (χ1) is 16.2. The molecule has 0 amide bonds. The van der Waals surface area contributed by atoms with E-state index in [9.17, 15) is 0 Å². The number of hydrogen-bond donors (Lipinski definition) is 2. The SMILES string of the molecule is C=Nc1nc(-c2cccc(C(=C)NC)c2)ccc1C(=NCCCCCNC)N1CCCCC1. The van der Waals surface area contributed by atoms with Gasteiger partial charge in [0.1, 0.15) is 5.84 Å². The molecule has 0 unspecified atom stereocenters. The zero-order valence-electron chi connectivity index (χ0n) is 20.2. The second-order valence-corrected chi connectivity index (χ2v) is 8.45. The van der Waals surface area contributed by atoms with E-state index in [-0.39, 0.29) is 0 Å². The molecule has 6 heteroatoms. The smallest absolute Gasteiger partial charge is 0.162 e. The van der Waals surface area contributed by atoms with E-state index in [2.05, 4.69) is 58.1 Å². The van der Waals surface area contributed by atoms with Crippen LogP contribution in [0.25, 0.3) is 17.0 Å². The van der Waals surface area contributed by atoms with Crippen molar-refractivity contribution in [2.75, 3.05) is 40.3 Å². The lowest BCUT2D eigenvalue weighted by molar-refractivity contribution is 0.341. The number of aliphatic imine (C=N–C) groups is 2. The van der Waals surface area contributed by atoms with Crippen LogP contribution in [0.5, 0.6) is 0 Å². The zero-order valence-corrected chi connectivity index (χ0v) is 20.2. The number of nitrogens with zero attached hydrogens (tertiary/aromatic N) is 4. The van der Waals surface area contributed by atoms with Gasteiger partial charge in [-0.2, -0.15) is 0 Å². The zero-order chi connectivity index (χ0) is 23.5. The second kappa shape index (κ2) is 12.9. The maximum Gasteiger partial charge on any atom is 0.162 e. The molecule has 176 valence electrons. The van der Waals surface area contributed by atoms with Gasteiger partial charge in [0.05, 0.1) is 11.3 Å². The number of rotatable bonds is 11. The maximum absolute atomic E-state index is 5.05. The molecule has 0 atom stereocenters. The van der Waals surface area contributed by atoms with Gasteiger partial charge >= 0.3 is 0 Å². The number of nitrogens with one attached hydrogen (secondary N) is 2. The molecule has 2 N–H and O–H groups in total. The fourth-order valence-corrected chi connectivity index (χ4v) is 4.15. The van der Waals surface area contributed by atoms with Gasteiger partial charge in [-0.1, -0.05) is 31.2 Å². The number of unbranched alkanes of at least 4 members (excludes halogenated alkanes) is 2. The lowest BCUT2D eigenvalue weighted by atomic mass is 10.0. The summed E-state index contributed by atoms with van der Waals surface area (Å²) < 4.78 is 0. The summed E-state index contributed by atoms with van der Waals surface area (Å²) >= 11 is 0. The number of likely N-dealkylation sites (tertiary alicyclic amines) is 1. The van der Waals surface area contributed by atoms with Crippen LogP contribution in [0.2, 0.25) is 0 Å². The molecule has 1 saturated heterocycles. The van der Waals surface area contributed by atoms with Crippen molar-refractivity contribution in [3.8, 4) is 11.3 Å². The Morgan fingerprint density at radius 1 is 1.06 bits per heavy atom. The molecule has 3 rings (SSSR count). The van der Waals surface area contributed by atoms with E-state index >= 15 is 0 Å². The molecule has 2 aromatic rings. The first-order valence-electron chi connectivity index (χ1n) is 12.1. The largest absolute Gasteiger partial charge is 0.388 e. The average molecular weight is 447 g/mol. The van der Waals surface area contributed by atoms with Crippen molar-refractivity contribution in [2.45, 2.75) is 38.5 Å². The van der Waals surface area contributed by atoms with Gasteiger partial charge in [-0.25, -0.2) is 9.98 Å². The molecule has 0 bridgehead atoms. The Morgan fingerprint density at radius 3 is 2.61 bits per heavy atom. The molecule has 1 aromatic carbocycles. The Bertz CT molecular complexity index is 959. The van der Waals surface area contributed by atoms with E-state index in [1.807, 2.05) is 26.2 Å². The van der Waals surface area contributed by atoms with Crippen LogP contribution in [-0.2, 0) is 0 Å². The van der Waals surface area contributed by atoms with E-state index in [4.69, 9.17) is 9.98 Å². The van der Waals surface area contributed by atoms with Gasteiger partial charge < -0.3 is 15.5 Å². The van der Waals surface area contributed by atoms with Gasteiger partial charge in [0, 0.05) is 37.9 Å². The molecule has 1 aliphatic heterocycles. The van der Waals surface area contributed by atoms with Crippen molar-refractivity contribution in [3.63, 3.8) is 0 Å². The number of amidine groups is 1. The maximum atomic E-state index is 5.05. The highest BCUT2D eigenvalue weighted by Gasteiger charge is 2.20. The molecular weight excluding hydrogens is 408 g/mol. The van der Waals surface area contributed by atoms with Crippen molar-refractivity contribution in [2.24, 2.45) is 9.98 Å². The standard InChI is InChI=1S/C27H38N6/c1-21(29-3)22-12-11-13-23(20-22)25-15-14-24(26(30-4)32-25)27(33-18-9-6-10-19-33)31-17-8-5-7-16-28-2/h11-15,20,28-29H,1,4-10,16-19H2,2-3H3. The Kier molecular flexibility index (Phi) is 9.63. The normalized spacial score (nSPS) is 14.2. The highest BCUT2D eigenvalue weighted by Crippen LogP contribution is 2.27. The number of pyridine rings is 1. The van der Waals surface area contributed by atoms with E-state index in [1.54, 1.807) is 0 Å². The van der Waals surface area contributed by atoms with Gasteiger partial charge in [-0.15, -0.1) is 0 Å². The summed E-state index contributed by atoms with van der Waals surface area (Å²) in [6.07, 6.45) is 7.13. The monoisotopic (exact) mass is 446 g/mol. The average Bonchev–Trinajstić information content (AvgIpc) is 2.88. The predicted molar refractivity (Wildman–Crippen MR) is 142 cm³/mol. The minimum absolute atomic E-state index is 0.643. The third kappa shape index (κ3) is 6.75. The molecule has 1 aliphatic rings. The Hall–Kier alpha value is -2.99. The minimum Gasteiger partial charge on any atom is -0.388 e. The van der Waals surface area contributed by atoms with Gasteiger partial charge in [-0.3, -0.25) is 4.99 Å². The highest BCUT2D eigenvalue weighted by molar-refractivity contribution is 6.03. The fourth-order valence-electron chi connectivity index (χ4n) is 4.15. The summed E-state index contributed by atoms with van der Waals surface area (Å²) in [6.45, 7) is 11.8. The van der Waals surface area contributed by atoms with Gasteiger partial charge in [0.15, 0.2) is 5.82 Å². The Labute approximate surface area is 199 Å². The minimum atomic E-state index is 0.643. The summed E-state index contributed by atoms with van der Waals surface area (Å²) in [5, 5.41) is 6.32. The Balaban J connectivity index is 1.89.